The molecule has 2 rings (SSSR count). The SMILES string of the molecule is Cc1ccc(-c2ccc(C(=O)O)[nH]2)cc1F. The Bertz CT molecular complexity index is 546. The van der Waals surface area contributed by atoms with Gasteiger partial charge in [0.15, 0.2) is 0 Å². The number of carboxylic acids is 1. The van der Waals surface area contributed by atoms with Crippen LogP contribution in [0.2, 0.25) is 0 Å². The molecule has 0 aliphatic rings. The number of carbonyl (C=O) groups is 1. The number of nitrogens with one attached hydrogen (secondary N) is 1. The van der Waals surface area contributed by atoms with Crippen molar-refractivity contribution < 1.29 is 14.3 Å². The second kappa shape index (κ2) is 3.81. The van der Waals surface area contributed by atoms with Gasteiger partial charge in [0.05, 0.1) is 0 Å². The molecule has 82 valence electrons. The third-order valence-electron chi connectivity index (χ3n) is 2.40. The lowest BCUT2D eigenvalue weighted by molar-refractivity contribution is 0.0691. The van der Waals surface area contributed by atoms with E-state index in [0.717, 1.165) is 0 Å². The third-order valence-corrected chi connectivity index (χ3v) is 2.40. The molecule has 0 atom stereocenters. The Balaban J connectivity index is 2.42. The normalized spacial score (nSPS) is 10.4. The zero-order valence-electron chi connectivity index (χ0n) is 8.62. The lowest BCUT2D eigenvalue weighted by Gasteiger charge is -2.00. The lowest BCUT2D eigenvalue weighted by atomic mass is 10.1. The summed E-state index contributed by atoms with van der Waals surface area (Å²) in [4.78, 5) is 13.4. The van der Waals surface area contributed by atoms with Gasteiger partial charge >= 0.3 is 5.97 Å². The van der Waals surface area contributed by atoms with E-state index in [1.54, 1.807) is 25.1 Å². The molecule has 1 aromatic carbocycles. The Labute approximate surface area is 91.5 Å². The fraction of sp³-hybridized carbons (Fsp3) is 0.0833. The highest BCUT2D eigenvalue weighted by Gasteiger charge is 2.08. The van der Waals surface area contributed by atoms with Gasteiger partial charge in [-0.05, 0) is 30.7 Å². The smallest absolute Gasteiger partial charge is 0.352 e. The third kappa shape index (κ3) is 1.82. The number of hydrogen-bond donors (Lipinski definition) is 2. The average Bonchev–Trinajstić information content (AvgIpc) is 2.71. The zero-order valence-corrected chi connectivity index (χ0v) is 8.62. The molecule has 0 bridgehead atoms. The first-order valence-corrected chi connectivity index (χ1v) is 4.77. The topological polar surface area (TPSA) is 53.1 Å². The largest absolute Gasteiger partial charge is 0.477 e. The minimum absolute atomic E-state index is 0.0935. The van der Waals surface area contributed by atoms with E-state index in [4.69, 9.17) is 5.11 Å². The minimum Gasteiger partial charge on any atom is -0.477 e. The fourth-order valence-corrected chi connectivity index (χ4v) is 1.45. The number of carboxylic acid groups (broad SMARTS) is 1. The van der Waals surface area contributed by atoms with Crippen molar-refractivity contribution in [1.82, 2.24) is 4.98 Å². The van der Waals surface area contributed by atoms with Gasteiger partial charge in [0.2, 0.25) is 0 Å². The van der Waals surface area contributed by atoms with Crippen LogP contribution in [0.3, 0.4) is 0 Å². The van der Waals surface area contributed by atoms with Gasteiger partial charge in [-0.25, -0.2) is 9.18 Å². The molecule has 0 aliphatic heterocycles. The van der Waals surface area contributed by atoms with Crippen molar-refractivity contribution in [2.24, 2.45) is 0 Å². The lowest BCUT2D eigenvalue weighted by Crippen LogP contribution is -1.95. The first kappa shape index (κ1) is 10.4. The van der Waals surface area contributed by atoms with Gasteiger partial charge in [0, 0.05) is 11.3 Å². The number of benzene rings is 1. The quantitative estimate of drug-likeness (QED) is 0.815. The van der Waals surface area contributed by atoms with E-state index in [0.29, 0.717) is 16.8 Å². The maximum Gasteiger partial charge on any atom is 0.352 e. The number of hydrogen-bond acceptors (Lipinski definition) is 1. The summed E-state index contributed by atoms with van der Waals surface area (Å²) >= 11 is 0. The van der Waals surface area contributed by atoms with Gasteiger partial charge in [-0.1, -0.05) is 12.1 Å². The molecular weight excluding hydrogens is 209 g/mol. The summed E-state index contributed by atoms with van der Waals surface area (Å²) in [6.45, 7) is 1.68. The molecule has 0 aliphatic carbocycles. The van der Waals surface area contributed by atoms with Crippen molar-refractivity contribution in [3.8, 4) is 11.3 Å². The van der Waals surface area contributed by atoms with E-state index in [1.807, 2.05) is 0 Å². The van der Waals surface area contributed by atoms with Gasteiger partial charge < -0.3 is 10.1 Å². The predicted molar refractivity (Wildman–Crippen MR) is 57.9 cm³/mol. The molecule has 0 spiro atoms. The molecule has 1 aromatic heterocycles. The first-order chi connectivity index (χ1) is 7.58. The Hall–Kier alpha value is -2.10. The number of H-pyrrole nitrogens is 1. The molecule has 1 heterocycles. The summed E-state index contributed by atoms with van der Waals surface area (Å²) in [5, 5.41) is 8.74. The van der Waals surface area contributed by atoms with Crippen LogP contribution in [0.15, 0.2) is 30.3 Å². The highest BCUT2D eigenvalue weighted by Crippen LogP contribution is 2.21. The summed E-state index contributed by atoms with van der Waals surface area (Å²) in [6.07, 6.45) is 0. The van der Waals surface area contributed by atoms with Crippen molar-refractivity contribution in [3.05, 3.63) is 47.4 Å². The summed E-state index contributed by atoms with van der Waals surface area (Å²) in [5.74, 6) is -1.33. The highest BCUT2D eigenvalue weighted by atomic mass is 19.1. The van der Waals surface area contributed by atoms with E-state index in [9.17, 15) is 9.18 Å². The molecule has 0 fully saturated rings. The Kier molecular flexibility index (Phi) is 2.48. The van der Waals surface area contributed by atoms with Crippen LogP contribution in [-0.2, 0) is 0 Å². The van der Waals surface area contributed by atoms with Gasteiger partial charge in [-0.15, -0.1) is 0 Å². The average molecular weight is 219 g/mol. The zero-order chi connectivity index (χ0) is 11.7. The maximum absolute atomic E-state index is 13.3. The van der Waals surface area contributed by atoms with Gasteiger partial charge in [0.25, 0.3) is 0 Å². The molecule has 0 radical (unpaired) electrons. The summed E-state index contributed by atoms with van der Waals surface area (Å²) in [5.41, 5.74) is 1.89. The highest BCUT2D eigenvalue weighted by molar-refractivity contribution is 5.86. The monoisotopic (exact) mass is 219 g/mol. The number of aromatic amines is 1. The first-order valence-electron chi connectivity index (χ1n) is 4.77. The van der Waals surface area contributed by atoms with Crippen LogP contribution in [0.5, 0.6) is 0 Å². The maximum atomic E-state index is 13.3. The number of aryl methyl sites for hydroxylation is 1. The standard InChI is InChI=1S/C12H10FNO2/c1-7-2-3-8(6-9(7)13)10-4-5-11(14-10)12(15)16/h2-6,14H,1H3,(H,15,16). The Morgan fingerprint density at radius 3 is 2.62 bits per heavy atom. The second-order valence-electron chi connectivity index (χ2n) is 3.55. The molecule has 0 saturated heterocycles. The molecule has 16 heavy (non-hydrogen) atoms. The number of halogens is 1. The van der Waals surface area contributed by atoms with E-state index < -0.39 is 5.97 Å². The van der Waals surface area contributed by atoms with Crippen molar-refractivity contribution in [2.75, 3.05) is 0 Å². The fourth-order valence-electron chi connectivity index (χ4n) is 1.45. The number of aromatic carboxylic acids is 1. The van der Waals surface area contributed by atoms with Crippen LogP contribution in [0, 0.1) is 12.7 Å². The number of rotatable bonds is 2. The van der Waals surface area contributed by atoms with Crippen LogP contribution in [0.1, 0.15) is 16.1 Å². The van der Waals surface area contributed by atoms with E-state index >= 15 is 0 Å². The Morgan fingerprint density at radius 2 is 2.06 bits per heavy atom. The molecule has 0 saturated carbocycles. The molecule has 2 N–H and O–H groups in total. The molecule has 2 aromatic rings. The summed E-state index contributed by atoms with van der Waals surface area (Å²) < 4.78 is 13.3. The number of aromatic nitrogens is 1. The van der Waals surface area contributed by atoms with Gasteiger partial charge in [-0.3, -0.25) is 0 Å². The molecular formula is C12H10FNO2. The molecule has 0 unspecified atom stereocenters. The van der Waals surface area contributed by atoms with Crippen LogP contribution >= 0.6 is 0 Å². The summed E-state index contributed by atoms with van der Waals surface area (Å²) in [6, 6.07) is 7.86. The Morgan fingerprint density at radius 1 is 1.31 bits per heavy atom. The van der Waals surface area contributed by atoms with Crippen molar-refractivity contribution in [2.45, 2.75) is 6.92 Å². The second-order valence-corrected chi connectivity index (χ2v) is 3.55. The summed E-state index contributed by atoms with van der Waals surface area (Å²) in [7, 11) is 0. The van der Waals surface area contributed by atoms with Crippen LogP contribution in [0.4, 0.5) is 4.39 Å². The van der Waals surface area contributed by atoms with Crippen LogP contribution < -0.4 is 0 Å². The van der Waals surface area contributed by atoms with E-state index in [-0.39, 0.29) is 11.5 Å². The van der Waals surface area contributed by atoms with Crippen molar-refractivity contribution >= 4 is 5.97 Å². The van der Waals surface area contributed by atoms with Gasteiger partial charge in [-0.2, -0.15) is 0 Å². The molecule has 0 amide bonds. The van der Waals surface area contributed by atoms with Crippen LogP contribution in [0.25, 0.3) is 11.3 Å². The molecule has 4 heteroatoms. The van der Waals surface area contributed by atoms with E-state index in [1.165, 1.54) is 12.1 Å². The van der Waals surface area contributed by atoms with Crippen LogP contribution in [-0.4, -0.2) is 16.1 Å². The van der Waals surface area contributed by atoms with Gasteiger partial charge in [0.1, 0.15) is 11.5 Å². The molecule has 3 nitrogen and oxygen atoms in total. The van der Waals surface area contributed by atoms with Crippen molar-refractivity contribution in [3.63, 3.8) is 0 Å². The predicted octanol–water partition coefficient (Wildman–Crippen LogP) is 2.83. The minimum atomic E-state index is -1.03. The van der Waals surface area contributed by atoms with E-state index in [2.05, 4.69) is 4.98 Å². The van der Waals surface area contributed by atoms with Crippen molar-refractivity contribution in [1.29, 1.82) is 0 Å².